The fourth-order valence-corrected chi connectivity index (χ4v) is 1.88. The highest BCUT2D eigenvalue weighted by molar-refractivity contribution is 7.99. The third-order valence-corrected chi connectivity index (χ3v) is 2.25. The standard InChI is InChI=1S/C7H17NS/c1-4-9-7(3)5-6(2)8/h6-7H,4-5,8H2,1-3H3. The average Bonchev–Trinajstić information content (AvgIpc) is 1.63. The number of hydrogen-bond acceptors (Lipinski definition) is 2. The Balaban J connectivity index is 3.15. The molecule has 0 radical (unpaired) electrons. The Hall–Kier alpha value is 0.310. The first kappa shape index (κ1) is 9.31. The van der Waals surface area contributed by atoms with Gasteiger partial charge in [-0.25, -0.2) is 0 Å². The Morgan fingerprint density at radius 3 is 2.33 bits per heavy atom. The van der Waals surface area contributed by atoms with Crippen LogP contribution in [0.15, 0.2) is 0 Å². The summed E-state index contributed by atoms with van der Waals surface area (Å²) in [5.41, 5.74) is 5.61. The molecule has 0 aliphatic carbocycles. The van der Waals surface area contributed by atoms with Crippen LogP contribution in [0.5, 0.6) is 0 Å². The summed E-state index contributed by atoms with van der Waals surface area (Å²) < 4.78 is 0. The fourth-order valence-electron chi connectivity index (χ4n) is 0.876. The van der Waals surface area contributed by atoms with Crippen LogP contribution in [0.1, 0.15) is 27.2 Å². The van der Waals surface area contributed by atoms with Gasteiger partial charge in [0.2, 0.25) is 0 Å². The Morgan fingerprint density at radius 2 is 2.00 bits per heavy atom. The molecule has 0 aromatic heterocycles. The molecule has 0 heterocycles. The third kappa shape index (κ3) is 6.19. The van der Waals surface area contributed by atoms with Gasteiger partial charge in [-0.2, -0.15) is 11.8 Å². The second kappa shape index (κ2) is 5.12. The molecule has 2 atom stereocenters. The lowest BCUT2D eigenvalue weighted by atomic mass is 10.2. The molecule has 0 rings (SSSR count). The van der Waals surface area contributed by atoms with Crippen molar-refractivity contribution in [3.8, 4) is 0 Å². The van der Waals surface area contributed by atoms with Gasteiger partial charge in [0, 0.05) is 11.3 Å². The van der Waals surface area contributed by atoms with Crippen LogP contribution in [0.3, 0.4) is 0 Å². The SMILES string of the molecule is CCSC(C)CC(C)N. The zero-order valence-electron chi connectivity index (χ0n) is 6.55. The van der Waals surface area contributed by atoms with E-state index in [0.29, 0.717) is 6.04 Å². The Bertz CT molecular complexity index is 63.9. The molecule has 0 aliphatic rings. The van der Waals surface area contributed by atoms with E-state index in [1.165, 1.54) is 5.75 Å². The van der Waals surface area contributed by atoms with Gasteiger partial charge in [-0.3, -0.25) is 0 Å². The van der Waals surface area contributed by atoms with Gasteiger partial charge in [-0.05, 0) is 19.1 Å². The monoisotopic (exact) mass is 147 g/mol. The first-order valence-corrected chi connectivity index (χ1v) is 4.58. The summed E-state index contributed by atoms with van der Waals surface area (Å²) in [4.78, 5) is 0. The van der Waals surface area contributed by atoms with Crippen LogP contribution in [0.25, 0.3) is 0 Å². The Morgan fingerprint density at radius 1 is 1.44 bits per heavy atom. The van der Waals surface area contributed by atoms with Crippen molar-refractivity contribution in [1.82, 2.24) is 0 Å². The minimum absolute atomic E-state index is 0.360. The molecule has 0 aromatic rings. The largest absolute Gasteiger partial charge is 0.328 e. The molecule has 2 N–H and O–H groups in total. The highest BCUT2D eigenvalue weighted by Crippen LogP contribution is 2.13. The van der Waals surface area contributed by atoms with E-state index in [-0.39, 0.29) is 0 Å². The summed E-state index contributed by atoms with van der Waals surface area (Å²) in [5.74, 6) is 1.20. The Kier molecular flexibility index (Phi) is 5.30. The van der Waals surface area contributed by atoms with Gasteiger partial charge in [0.05, 0.1) is 0 Å². The first-order valence-electron chi connectivity index (χ1n) is 3.54. The van der Waals surface area contributed by atoms with E-state index < -0.39 is 0 Å². The quantitative estimate of drug-likeness (QED) is 0.657. The molecule has 0 amide bonds. The summed E-state index contributed by atoms with van der Waals surface area (Å²) in [6, 6.07) is 0.360. The second-order valence-electron chi connectivity index (χ2n) is 2.48. The molecule has 2 unspecified atom stereocenters. The molecule has 0 aromatic carbocycles. The number of thioether (sulfide) groups is 1. The van der Waals surface area contributed by atoms with Gasteiger partial charge in [0.1, 0.15) is 0 Å². The zero-order chi connectivity index (χ0) is 7.28. The molecule has 9 heavy (non-hydrogen) atoms. The van der Waals surface area contributed by atoms with E-state index in [1.54, 1.807) is 0 Å². The maximum atomic E-state index is 5.61. The molecule has 0 aliphatic heterocycles. The average molecular weight is 147 g/mol. The highest BCUT2D eigenvalue weighted by atomic mass is 32.2. The summed E-state index contributed by atoms with van der Waals surface area (Å²) in [6.07, 6.45) is 1.14. The number of rotatable bonds is 4. The fraction of sp³-hybridized carbons (Fsp3) is 1.00. The third-order valence-electron chi connectivity index (χ3n) is 1.15. The van der Waals surface area contributed by atoms with Crippen LogP contribution >= 0.6 is 11.8 Å². The van der Waals surface area contributed by atoms with Crippen molar-refractivity contribution in [2.45, 2.75) is 38.5 Å². The molecular weight excluding hydrogens is 130 g/mol. The van der Waals surface area contributed by atoms with E-state index in [0.717, 1.165) is 11.7 Å². The van der Waals surface area contributed by atoms with Gasteiger partial charge in [-0.1, -0.05) is 13.8 Å². The highest BCUT2D eigenvalue weighted by Gasteiger charge is 2.02. The molecule has 2 heteroatoms. The van der Waals surface area contributed by atoms with Gasteiger partial charge in [-0.15, -0.1) is 0 Å². The van der Waals surface area contributed by atoms with Crippen molar-refractivity contribution in [2.75, 3.05) is 5.75 Å². The molecule has 56 valence electrons. The Labute approximate surface area is 62.4 Å². The van der Waals surface area contributed by atoms with Gasteiger partial charge < -0.3 is 5.73 Å². The zero-order valence-corrected chi connectivity index (χ0v) is 7.37. The van der Waals surface area contributed by atoms with Crippen LogP contribution < -0.4 is 5.73 Å². The summed E-state index contributed by atoms with van der Waals surface area (Å²) >= 11 is 1.98. The van der Waals surface area contributed by atoms with E-state index in [2.05, 4.69) is 20.8 Å². The summed E-state index contributed by atoms with van der Waals surface area (Å²) in [5, 5.41) is 0.731. The first-order chi connectivity index (χ1) is 4.16. The molecule has 0 spiro atoms. The lowest BCUT2D eigenvalue weighted by Gasteiger charge is -2.11. The second-order valence-corrected chi connectivity index (χ2v) is 4.19. The number of hydrogen-bond donors (Lipinski definition) is 1. The predicted molar refractivity (Wildman–Crippen MR) is 45.9 cm³/mol. The van der Waals surface area contributed by atoms with Gasteiger partial charge in [0.15, 0.2) is 0 Å². The lowest BCUT2D eigenvalue weighted by molar-refractivity contribution is 0.663. The maximum absolute atomic E-state index is 5.61. The van der Waals surface area contributed by atoms with Crippen molar-refractivity contribution >= 4 is 11.8 Å². The normalized spacial score (nSPS) is 17.3. The molecular formula is C7H17NS. The van der Waals surface area contributed by atoms with Crippen LogP contribution in [-0.2, 0) is 0 Å². The van der Waals surface area contributed by atoms with Crippen molar-refractivity contribution in [3.05, 3.63) is 0 Å². The van der Waals surface area contributed by atoms with Gasteiger partial charge >= 0.3 is 0 Å². The summed E-state index contributed by atoms with van der Waals surface area (Å²) in [6.45, 7) is 6.48. The van der Waals surface area contributed by atoms with Crippen LogP contribution in [0.4, 0.5) is 0 Å². The summed E-state index contributed by atoms with van der Waals surface area (Å²) in [7, 11) is 0. The predicted octanol–water partition coefficient (Wildman–Crippen LogP) is 1.87. The van der Waals surface area contributed by atoms with E-state index in [9.17, 15) is 0 Å². The van der Waals surface area contributed by atoms with Crippen molar-refractivity contribution in [1.29, 1.82) is 0 Å². The maximum Gasteiger partial charge on any atom is 0.00332 e. The van der Waals surface area contributed by atoms with Crippen LogP contribution in [0, 0.1) is 0 Å². The van der Waals surface area contributed by atoms with Crippen molar-refractivity contribution < 1.29 is 0 Å². The smallest absolute Gasteiger partial charge is 0.00332 e. The van der Waals surface area contributed by atoms with E-state index in [1.807, 2.05) is 11.8 Å². The van der Waals surface area contributed by atoms with Crippen molar-refractivity contribution in [3.63, 3.8) is 0 Å². The number of nitrogens with two attached hydrogens (primary N) is 1. The lowest BCUT2D eigenvalue weighted by Crippen LogP contribution is -2.19. The minimum atomic E-state index is 0.360. The molecule has 0 saturated heterocycles. The molecule has 0 bridgehead atoms. The molecule has 1 nitrogen and oxygen atoms in total. The van der Waals surface area contributed by atoms with Crippen LogP contribution in [0.2, 0.25) is 0 Å². The minimum Gasteiger partial charge on any atom is -0.328 e. The molecule has 0 fully saturated rings. The molecule has 0 saturated carbocycles. The van der Waals surface area contributed by atoms with E-state index in [4.69, 9.17) is 5.73 Å². The van der Waals surface area contributed by atoms with E-state index >= 15 is 0 Å². The van der Waals surface area contributed by atoms with Crippen LogP contribution in [-0.4, -0.2) is 17.0 Å². The van der Waals surface area contributed by atoms with Crippen molar-refractivity contribution in [2.24, 2.45) is 5.73 Å². The van der Waals surface area contributed by atoms with Gasteiger partial charge in [0.25, 0.3) is 0 Å². The topological polar surface area (TPSA) is 26.0 Å².